The van der Waals surface area contributed by atoms with Crippen LogP contribution in [0.1, 0.15) is 11.1 Å². The fourth-order valence-corrected chi connectivity index (χ4v) is 2.00. The first kappa shape index (κ1) is 13.6. The lowest BCUT2D eigenvalue weighted by atomic mass is 10.0. The molecule has 19 heavy (non-hydrogen) atoms. The van der Waals surface area contributed by atoms with E-state index in [0.717, 1.165) is 5.56 Å². The van der Waals surface area contributed by atoms with Gasteiger partial charge in [0.2, 0.25) is 0 Å². The molecule has 0 bridgehead atoms. The van der Waals surface area contributed by atoms with Crippen molar-refractivity contribution in [2.45, 2.75) is 0 Å². The number of halogens is 3. The van der Waals surface area contributed by atoms with Gasteiger partial charge in [-0.25, -0.2) is 4.39 Å². The molecule has 2 rings (SSSR count). The molecule has 0 radical (unpaired) electrons. The fourth-order valence-electron chi connectivity index (χ4n) is 1.60. The highest BCUT2D eigenvalue weighted by Gasteiger charge is 2.07. The van der Waals surface area contributed by atoms with Crippen molar-refractivity contribution in [3.8, 4) is 6.07 Å². The molecule has 0 aliphatic heterocycles. The lowest BCUT2D eigenvalue weighted by Gasteiger charge is -2.03. The Labute approximate surface area is 120 Å². The fraction of sp³-hybridized carbons (Fsp3) is 0. The van der Waals surface area contributed by atoms with E-state index in [-0.39, 0.29) is 5.02 Å². The molecule has 2 aromatic carbocycles. The van der Waals surface area contributed by atoms with Crippen LogP contribution < -0.4 is 0 Å². The second-order valence-electron chi connectivity index (χ2n) is 3.85. The lowest BCUT2D eigenvalue weighted by molar-refractivity contribution is 0.628. The van der Waals surface area contributed by atoms with Crippen molar-refractivity contribution in [3.63, 3.8) is 0 Å². The largest absolute Gasteiger partial charge is 0.207 e. The molecule has 0 atom stereocenters. The number of allylic oxidation sites excluding steroid dienone is 1. The van der Waals surface area contributed by atoms with Gasteiger partial charge < -0.3 is 0 Å². The first-order valence-corrected chi connectivity index (χ1v) is 6.18. The minimum Gasteiger partial charge on any atom is -0.207 e. The average molecular weight is 292 g/mol. The molecule has 0 spiro atoms. The summed E-state index contributed by atoms with van der Waals surface area (Å²) in [5.41, 5.74) is 1.69. The zero-order valence-electron chi connectivity index (χ0n) is 9.70. The van der Waals surface area contributed by atoms with Crippen molar-refractivity contribution >= 4 is 34.9 Å². The van der Waals surface area contributed by atoms with E-state index < -0.39 is 5.82 Å². The smallest absolute Gasteiger partial charge is 0.124 e. The molecule has 0 aromatic heterocycles. The van der Waals surface area contributed by atoms with Crippen LogP contribution in [0, 0.1) is 17.1 Å². The van der Waals surface area contributed by atoms with E-state index in [4.69, 9.17) is 23.2 Å². The zero-order chi connectivity index (χ0) is 13.8. The van der Waals surface area contributed by atoms with E-state index in [9.17, 15) is 9.65 Å². The van der Waals surface area contributed by atoms with E-state index in [2.05, 4.69) is 6.07 Å². The summed E-state index contributed by atoms with van der Waals surface area (Å²) in [6.07, 6.45) is 1.68. The molecule has 0 saturated heterocycles. The molecule has 0 N–H and O–H groups in total. The van der Waals surface area contributed by atoms with Gasteiger partial charge in [-0.15, -0.1) is 0 Å². The molecule has 0 amide bonds. The Kier molecular flexibility index (Phi) is 4.21. The maximum Gasteiger partial charge on any atom is 0.124 e. The van der Waals surface area contributed by atoms with Crippen molar-refractivity contribution in [1.29, 1.82) is 5.26 Å². The Bertz CT molecular complexity index is 670. The Morgan fingerprint density at radius 3 is 2.37 bits per heavy atom. The molecule has 0 fully saturated rings. The third-order valence-electron chi connectivity index (χ3n) is 2.52. The summed E-state index contributed by atoms with van der Waals surface area (Å²) in [5, 5.41) is 10.0. The highest BCUT2D eigenvalue weighted by atomic mass is 35.5. The number of nitriles is 1. The summed E-state index contributed by atoms with van der Waals surface area (Å²) in [5.74, 6) is -0.433. The Morgan fingerprint density at radius 1 is 1.11 bits per heavy atom. The SMILES string of the molecule is N#C/C(=C/c1ccc(Cl)cc1)c1ccc(F)cc1Cl. The summed E-state index contributed by atoms with van der Waals surface area (Å²) >= 11 is 11.7. The summed E-state index contributed by atoms with van der Waals surface area (Å²) in [7, 11) is 0. The zero-order valence-corrected chi connectivity index (χ0v) is 11.2. The van der Waals surface area contributed by atoms with Gasteiger partial charge in [-0.3, -0.25) is 0 Å². The molecule has 94 valence electrons. The van der Waals surface area contributed by atoms with Crippen LogP contribution in [0.2, 0.25) is 10.0 Å². The van der Waals surface area contributed by atoms with E-state index >= 15 is 0 Å². The third-order valence-corrected chi connectivity index (χ3v) is 3.09. The maximum atomic E-state index is 13.0. The number of nitrogens with zero attached hydrogens (tertiary/aromatic N) is 1. The van der Waals surface area contributed by atoms with Crippen LogP contribution in [0.3, 0.4) is 0 Å². The topological polar surface area (TPSA) is 23.8 Å². The van der Waals surface area contributed by atoms with Gasteiger partial charge in [-0.2, -0.15) is 5.26 Å². The van der Waals surface area contributed by atoms with Crippen molar-refractivity contribution in [2.24, 2.45) is 0 Å². The standard InChI is InChI=1S/C15H8Cl2FN/c16-12-3-1-10(2-4-12)7-11(9-19)14-6-5-13(18)8-15(14)17/h1-8H/b11-7-. The molecule has 0 saturated carbocycles. The van der Waals surface area contributed by atoms with Crippen LogP contribution >= 0.6 is 23.2 Å². The van der Waals surface area contributed by atoms with Gasteiger partial charge in [-0.1, -0.05) is 35.3 Å². The second-order valence-corrected chi connectivity index (χ2v) is 4.69. The lowest BCUT2D eigenvalue weighted by Crippen LogP contribution is -1.85. The molecule has 4 heteroatoms. The van der Waals surface area contributed by atoms with Crippen molar-refractivity contribution in [3.05, 3.63) is 69.5 Å². The minimum atomic E-state index is -0.433. The highest BCUT2D eigenvalue weighted by molar-refractivity contribution is 6.32. The average Bonchev–Trinajstić information content (AvgIpc) is 2.39. The maximum absolute atomic E-state index is 13.0. The summed E-state index contributed by atoms with van der Waals surface area (Å²) in [6.45, 7) is 0. The van der Waals surface area contributed by atoms with Crippen molar-refractivity contribution < 1.29 is 4.39 Å². The predicted molar refractivity (Wildman–Crippen MR) is 76.3 cm³/mol. The van der Waals surface area contributed by atoms with Crippen LogP contribution in [0.25, 0.3) is 11.6 Å². The Morgan fingerprint density at radius 2 is 1.79 bits per heavy atom. The first-order chi connectivity index (χ1) is 9.10. The first-order valence-electron chi connectivity index (χ1n) is 5.43. The number of benzene rings is 2. The number of hydrogen-bond donors (Lipinski definition) is 0. The van der Waals surface area contributed by atoms with Crippen molar-refractivity contribution in [1.82, 2.24) is 0 Å². The monoisotopic (exact) mass is 291 g/mol. The van der Waals surface area contributed by atoms with Crippen LogP contribution in [0.5, 0.6) is 0 Å². The van der Waals surface area contributed by atoms with Gasteiger partial charge in [0.15, 0.2) is 0 Å². The van der Waals surface area contributed by atoms with Crippen LogP contribution in [-0.4, -0.2) is 0 Å². The highest BCUT2D eigenvalue weighted by Crippen LogP contribution is 2.26. The molecular formula is C15H8Cl2FN. The Hall–Kier alpha value is -1.82. The molecule has 1 nitrogen and oxygen atoms in total. The second kappa shape index (κ2) is 5.88. The van der Waals surface area contributed by atoms with E-state index in [1.165, 1.54) is 18.2 Å². The molecular weight excluding hydrogens is 284 g/mol. The van der Waals surface area contributed by atoms with E-state index in [1.54, 1.807) is 30.3 Å². The normalized spacial score (nSPS) is 11.2. The third kappa shape index (κ3) is 3.35. The summed E-state index contributed by atoms with van der Waals surface area (Å²) in [6, 6.07) is 13.0. The molecule has 0 heterocycles. The van der Waals surface area contributed by atoms with E-state index in [1.807, 2.05) is 0 Å². The predicted octanol–water partition coefficient (Wildman–Crippen LogP) is 5.20. The minimum absolute atomic E-state index is 0.210. The van der Waals surface area contributed by atoms with Crippen LogP contribution in [0.4, 0.5) is 4.39 Å². The van der Waals surface area contributed by atoms with Crippen LogP contribution in [-0.2, 0) is 0 Å². The Balaban J connectivity index is 2.45. The van der Waals surface area contributed by atoms with Gasteiger partial charge >= 0.3 is 0 Å². The van der Waals surface area contributed by atoms with Gasteiger partial charge in [0, 0.05) is 10.6 Å². The molecule has 0 unspecified atom stereocenters. The number of rotatable bonds is 2. The molecule has 2 aromatic rings. The molecule has 0 aliphatic carbocycles. The van der Waals surface area contributed by atoms with Gasteiger partial charge in [0.05, 0.1) is 16.7 Å². The van der Waals surface area contributed by atoms with Crippen LogP contribution in [0.15, 0.2) is 42.5 Å². The van der Waals surface area contributed by atoms with Crippen molar-refractivity contribution in [2.75, 3.05) is 0 Å². The van der Waals surface area contributed by atoms with Gasteiger partial charge in [0.1, 0.15) is 5.82 Å². The van der Waals surface area contributed by atoms with Gasteiger partial charge in [-0.05, 0) is 42.0 Å². The molecule has 0 aliphatic rings. The van der Waals surface area contributed by atoms with E-state index in [0.29, 0.717) is 16.2 Å². The number of hydrogen-bond acceptors (Lipinski definition) is 1. The quantitative estimate of drug-likeness (QED) is 0.551. The van der Waals surface area contributed by atoms with Gasteiger partial charge in [0.25, 0.3) is 0 Å². The summed E-state index contributed by atoms with van der Waals surface area (Å²) < 4.78 is 13.0. The summed E-state index contributed by atoms with van der Waals surface area (Å²) in [4.78, 5) is 0.